The maximum Gasteiger partial charge on any atom is 0.353 e. The molecule has 0 saturated carbocycles. The highest BCUT2D eigenvalue weighted by atomic mass is 16.6. The summed E-state index contributed by atoms with van der Waals surface area (Å²) in [6.07, 6.45) is 1.27. The topological polar surface area (TPSA) is 106 Å². The lowest BCUT2D eigenvalue weighted by atomic mass is 10.1. The average Bonchev–Trinajstić information content (AvgIpc) is 2.55. The monoisotopic (exact) mass is 310 g/mol. The Kier molecular flexibility index (Phi) is 3.71. The number of aryl methyl sites for hydroxylation is 1. The van der Waals surface area contributed by atoms with Crippen molar-refractivity contribution in [3.8, 4) is 0 Å². The highest BCUT2D eigenvalue weighted by Gasteiger charge is 2.22. The van der Waals surface area contributed by atoms with Crippen LogP contribution in [0.25, 0.3) is 10.9 Å². The van der Waals surface area contributed by atoms with Crippen LogP contribution in [0.15, 0.2) is 36.7 Å². The number of hydrogen-bond donors (Lipinski definition) is 2. The molecular weight excluding hydrogens is 296 g/mol. The summed E-state index contributed by atoms with van der Waals surface area (Å²) >= 11 is 0. The van der Waals surface area contributed by atoms with Crippen LogP contribution in [-0.2, 0) is 0 Å². The van der Waals surface area contributed by atoms with Gasteiger partial charge in [0.05, 0.1) is 16.1 Å². The molecule has 8 heteroatoms. The molecule has 0 spiro atoms. The molecule has 0 aliphatic rings. The predicted octanol–water partition coefficient (Wildman–Crippen LogP) is 3.03. The second kappa shape index (κ2) is 5.84. The van der Waals surface area contributed by atoms with Gasteiger partial charge in [-0.3, -0.25) is 15.1 Å². The number of rotatable bonds is 4. The Morgan fingerprint density at radius 1 is 1.13 bits per heavy atom. The number of nitrogens with one attached hydrogen (secondary N) is 2. The Hall–Kier alpha value is -3.29. The fourth-order valence-electron chi connectivity index (χ4n) is 2.30. The second-order valence-corrected chi connectivity index (χ2v) is 4.88. The molecular formula is C15H14N6O2. The van der Waals surface area contributed by atoms with Gasteiger partial charge in [-0.25, -0.2) is 9.97 Å². The van der Waals surface area contributed by atoms with E-state index in [4.69, 9.17) is 0 Å². The minimum atomic E-state index is -0.516. The van der Waals surface area contributed by atoms with Crippen LogP contribution in [0.5, 0.6) is 0 Å². The van der Waals surface area contributed by atoms with Gasteiger partial charge < -0.3 is 10.6 Å². The SMILES string of the molecule is CNc1ncnc(Nc2cccc3ccc(C)nc23)c1[N+](=O)[O-]. The molecule has 2 N–H and O–H groups in total. The molecule has 3 rings (SSSR count). The Morgan fingerprint density at radius 2 is 1.91 bits per heavy atom. The third kappa shape index (κ3) is 2.73. The minimum absolute atomic E-state index is 0.116. The maximum atomic E-state index is 11.3. The number of nitro groups is 1. The van der Waals surface area contributed by atoms with Crippen molar-refractivity contribution in [3.63, 3.8) is 0 Å². The van der Waals surface area contributed by atoms with Crippen molar-refractivity contribution in [2.24, 2.45) is 0 Å². The van der Waals surface area contributed by atoms with Gasteiger partial charge in [0.15, 0.2) is 0 Å². The summed E-state index contributed by atoms with van der Waals surface area (Å²) in [6, 6.07) is 9.46. The normalized spacial score (nSPS) is 10.5. The van der Waals surface area contributed by atoms with Crippen LogP contribution < -0.4 is 10.6 Å². The smallest absolute Gasteiger partial charge is 0.353 e. The second-order valence-electron chi connectivity index (χ2n) is 4.88. The van der Waals surface area contributed by atoms with Crippen molar-refractivity contribution >= 4 is 33.9 Å². The average molecular weight is 310 g/mol. The lowest BCUT2D eigenvalue weighted by Gasteiger charge is -2.10. The lowest BCUT2D eigenvalue weighted by molar-refractivity contribution is -0.383. The van der Waals surface area contributed by atoms with Crippen LogP contribution in [0, 0.1) is 17.0 Å². The number of pyridine rings is 1. The zero-order chi connectivity index (χ0) is 16.4. The number of fused-ring (bicyclic) bond motifs is 1. The van der Waals surface area contributed by atoms with E-state index < -0.39 is 4.92 Å². The number of benzene rings is 1. The molecule has 3 aromatic rings. The van der Waals surface area contributed by atoms with E-state index in [1.54, 1.807) is 13.1 Å². The van der Waals surface area contributed by atoms with E-state index >= 15 is 0 Å². The highest BCUT2D eigenvalue weighted by Crippen LogP contribution is 2.32. The minimum Gasteiger partial charge on any atom is -0.367 e. The van der Waals surface area contributed by atoms with Crippen molar-refractivity contribution in [1.29, 1.82) is 0 Å². The van der Waals surface area contributed by atoms with Crippen molar-refractivity contribution in [3.05, 3.63) is 52.5 Å². The van der Waals surface area contributed by atoms with E-state index in [9.17, 15) is 10.1 Å². The van der Waals surface area contributed by atoms with Gasteiger partial charge in [0.1, 0.15) is 6.33 Å². The van der Waals surface area contributed by atoms with Gasteiger partial charge in [-0.15, -0.1) is 0 Å². The van der Waals surface area contributed by atoms with Crippen LogP contribution in [0.3, 0.4) is 0 Å². The Morgan fingerprint density at radius 3 is 2.65 bits per heavy atom. The molecule has 0 amide bonds. The van der Waals surface area contributed by atoms with E-state index in [1.807, 2.05) is 31.2 Å². The van der Waals surface area contributed by atoms with Gasteiger partial charge in [0, 0.05) is 18.1 Å². The highest BCUT2D eigenvalue weighted by molar-refractivity contribution is 5.93. The number of anilines is 3. The van der Waals surface area contributed by atoms with E-state index in [0.29, 0.717) is 5.69 Å². The molecule has 0 radical (unpaired) electrons. The molecule has 116 valence electrons. The Bertz CT molecular complexity index is 896. The largest absolute Gasteiger partial charge is 0.367 e. The van der Waals surface area contributed by atoms with E-state index in [-0.39, 0.29) is 17.3 Å². The first-order valence-electron chi connectivity index (χ1n) is 6.90. The molecule has 0 fully saturated rings. The first-order valence-corrected chi connectivity index (χ1v) is 6.90. The molecule has 0 atom stereocenters. The van der Waals surface area contributed by atoms with Crippen molar-refractivity contribution in [1.82, 2.24) is 15.0 Å². The third-order valence-corrected chi connectivity index (χ3v) is 3.35. The summed E-state index contributed by atoms with van der Waals surface area (Å²) in [7, 11) is 1.57. The van der Waals surface area contributed by atoms with Crippen LogP contribution in [0.4, 0.5) is 23.0 Å². The maximum absolute atomic E-state index is 11.3. The fourth-order valence-corrected chi connectivity index (χ4v) is 2.30. The summed E-state index contributed by atoms with van der Waals surface area (Å²) < 4.78 is 0. The lowest BCUT2D eigenvalue weighted by Crippen LogP contribution is -2.05. The quantitative estimate of drug-likeness (QED) is 0.563. The van der Waals surface area contributed by atoms with Crippen molar-refractivity contribution in [2.45, 2.75) is 6.92 Å². The molecule has 0 saturated heterocycles. The van der Waals surface area contributed by atoms with Gasteiger partial charge in [-0.05, 0) is 19.1 Å². The molecule has 2 aromatic heterocycles. The van der Waals surface area contributed by atoms with Gasteiger partial charge in [0.25, 0.3) is 0 Å². The number of nitrogens with zero attached hydrogens (tertiary/aromatic N) is 4. The summed E-state index contributed by atoms with van der Waals surface area (Å²) in [5, 5.41) is 18.0. The molecule has 0 aliphatic carbocycles. The Labute approximate surface area is 131 Å². The standard InChI is InChI=1S/C15H14N6O2/c1-9-6-7-10-4-3-5-11(12(10)19-9)20-15-13(21(22)23)14(16-2)17-8-18-15/h3-8H,1-2H3,(H2,16,17,18,20). The molecule has 0 unspecified atom stereocenters. The van der Waals surface area contributed by atoms with E-state index in [2.05, 4.69) is 25.6 Å². The summed E-state index contributed by atoms with van der Waals surface area (Å²) in [6.45, 7) is 1.89. The molecule has 23 heavy (non-hydrogen) atoms. The van der Waals surface area contributed by atoms with Gasteiger partial charge in [-0.2, -0.15) is 0 Å². The number of hydrogen-bond acceptors (Lipinski definition) is 7. The number of aromatic nitrogens is 3. The summed E-state index contributed by atoms with van der Waals surface area (Å²) in [5.41, 5.74) is 2.03. The van der Waals surface area contributed by atoms with Crippen molar-refractivity contribution < 1.29 is 4.92 Å². The number of para-hydroxylation sites is 1. The van der Waals surface area contributed by atoms with Crippen LogP contribution >= 0.6 is 0 Å². The van der Waals surface area contributed by atoms with Crippen LogP contribution in [-0.4, -0.2) is 26.9 Å². The Balaban J connectivity index is 2.13. The van der Waals surface area contributed by atoms with Crippen molar-refractivity contribution in [2.75, 3.05) is 17.7 Å². The van der Waals surface area contributed by atoms with E-state index in [1.165, 1.54) is 6.33 Å². The molecule has 0 aliphatic heterocycles. The molecule has 1 aromatic carbocycles. The van der Waals surface area contributed by atoms with E-state index in [0.717, 1.165) is 16.6 Å². The zero-order valence-electron chi connectivity index (χ0n) is 12.6. The zero-order valence-corrected chi connectivity index (χ0v) is 12.6. The molecule has 8 nitrogen and oxygen atoms in total. The summed E-state index contributed by atoms with van der Waals surface area (Å²) in [5.74, 6) is 0.266. The first-order chi connectivity index (χ1) is 11.1. The summed E-state index contributed by atoms with van der Waals surface area (Å²) in [4.78, 5) is 23.2. The third-order valence-electron chi connectivity index (χ3n) is 3.35. The first kappa shape index (κ1) is 14.6. The van der Waals surface area contributed by atoms with Gasteiger partial charge in [0.2, 0.25) is 11.6 Å². The van der Waals surface area contributed by atoms with Gasteiger partial charge in [-0.1, -0.05) is 18.2 Å². The molecule has 2 heterocycles. The predicted molar refractivity (Wildman–Crippen MR) is 88.0 cm³/mol. The van der Waals surface area contributed by atoms with Gasteiger partial charge >= 0.3 is 5.69 Å². The molecule has 0 bridgehead atoms. The van der Waals surface area contributed by atoms with Crippen LogP contribution in [0.2, 0.25) is 0 Å². The van der Waals surface area contributed by atoms with Crippen LogP contribution in [0.1, 0.15) is 5.69 Å². The fraction of sp³-hybridized carbons (Fsp3) is 0.133.